The average molecular weight is 454 g/mol. The summed E-state index contributed by atoms with van der Waals surface area (Å²) >= 11 is 0. The van der Waals surface area contributed by atoms with Crippen LogP contribution >= 0.6 is 0 Å². The van der Waals surface area contributed by atoms with Crippen LogP contribution in [0.3, 0.4) is 0 Å². The van der Waals surface area contributed by atoms with Gasteiger partial charge in [-0.1, -0.05) is 53.4 Å². The van der Waals surface area contributed by atoms with Gasteiger partial charge in [0, 0.05) is 23.9 Å². The number of carbonyl (C=O) groups is 4. The van der Waals surface area contributed by atoms with E-state index in [1.54, 1.807) is 27.7 Å². The first-order chi connectivity index (χ1) is 11.1. The van der Waals surface area contributed by atoms with Gasteiger partial charge in [-0.3, -0.25) is 0 Å². The molecule has 0 aliphatic rings. The second-order valence-electron chi connectivity index (χ2n) is 4.49. The molecule has 0 aromatic heterocycles. The molecule has 0 spiro atoms. The fourth-order valence-electron chi connectivity index (χ4n) is 0.816. The molecule has 26 heavy (non-hydrogen) atoms. The summed E-state index contributed by atoms with van der Waals surface area (Å²) in [6, 6.07) is 0. The van der Waals surface area contributed by atoms with Gasteiger partial charge in [0.25, 0.3) is 0 Å². The Morgan fingerprint density at radius 1 is 0.500 bits per heavy atom. The first kappa shape index (κ1) is 40.4. The molecule has 0 unspecified atom stereocenters. The summed E-state index contributed by atoms with van der Waals surface area (Å²) in [5.41, 5.74) is 0. The molecule has 8 nitrogen and oxygen atoms in total. The second kappa shape index (κ2) is 35.8. The van der Waals surface area contributed by atoms with Crippen LogP contribution in [0.15, 0.2) is 0 Å². The van der Waals surface area contributed by atoms with Gasteiger partial charge >= 0.3 is 57.2 Å². The van der Waals surface area contributed by atoms with E-state index in [2.05, 4.69) is 0 Å². The number of carboxylic acids is 4. The number of rotatable bonds is 8. The fourth-order valence-corrected chi connectivity index (χ4v) is 0.816. The number of hydrogen-bond donors (Lipinski definition) is 0. The van der Waals surface area contributed by atoms with E-state index in [1.165, 1.54) is 0 Å². The molecule has 0 saturated carbocycles. The van der Waals surface area contributed by atoms with Crippen molar-refractivity contribution in [2.45, 2.75) is 79.1 Å². The van der Waals surface area contributed by atoms with Crippen molar-refractivity contribution in [3.8, 4) is 0 Å². The van der Waals surface area contributed by atoms with E-state index in [-0.39, 0.29) is 82.9 Å². The summed E-state index contributed by atoms with van der Waals surface area (Å²) in [7, 11) is 0. The number of hydrogen-bond acceptors (Lipinski definition) is 8. The summed E-state index contributed by atoms with van der Waals surface area (Å²) < 4.78 is 0. The van der Waals surface area contributed by atoms with Crippen LogP contribution in [0, 0.1) is 0 Å². The molecule has 144 valence electrons. The van der Waals surface area contributed by atoms with Crippen LogP contribution in [-0.4, -0.2) is 61.6 Å². The van der Waals surface area contributed by atoms with Gasteiger partial charge < -0.3 is 39.6 Å². The van der Waals surface area contributed by atoms with Crippen LogP contribution < -0.4 is 20.4 Å². The van der Waals surface area contributed by atoms with Crippen molar-refractivity contribution in [2.24, 2.45) is 0 Å². The maximum absolute atomic E-state index is 9.49. The Bertz CT molecular complexity index is 274. The summed E-state index contributed by atoms with van der Waals surface area (Å²) in [5.74, 6) is -3.84. The van der Waals surface area contributed by atoms with Gasteiger partial charge in [0.2, 0.25) is 0 Å². The van der Waals surface area contributed by atoms with Gasteiger partial charge in [-0.05, 0) is 25.7 Å². The van der Waals surface area contributed by atoms with Crippen LogP contribution in [0.5, 0.6) is 0 Å². The molecular formula is C16H28CaO8Zn. The van der Waals surface area contributed by atoms with Gasteiger partial charge in [0.1, 0.15) is 0 Å². The second-order valence-corrected chi connectivity index (χ2v) is 4.49. The van der Waals surface area contributed by atoms with Crippen molar-refractivity contribution in [1.29, 1.82) is 0 Å². The predicted molar refractivity (Wildman–Crippen MR) is 85.4 cm³/mol. The molecule has 0 rings (SSSR count). The van der Waals surface area contributed by atoms with Crippen molar-refractivity contribution >= 4 is 61.6 Å². The Morgan fingerprint density at radius 3 is 0.615 bits per heavy atom. The van der Waals surface area contributed by atoms with Crippen molar-refractivity contribution in [3.63, 3.8) is 0 Å². The Hall–Kier alpha value is -0.237. The summed E-state index contributed by atoms with van der Waals surface area (Å²) in [5, 5.41) is 38.0. The predicted octanol–water partition coefficient (Wildman–Crippen LogP) is -2.24. The van der Waals surface area contributed by atoms with Crippen molar-refractivity contribution < 1.29 is 59.1 Å². The van der Waals surface area contributed by atoms with Crippen LogP contribution in [0.25, 0.3) is 0 Å². The fraction of sp³-hybridized carbons (Fsp3) is 0.750. The van der Waals surface area contributed by atoms with E-state index >= 15 is 0 Å². The molecule has 0 radical (unpaired) electrons. The standard InChI is InChI=1S/4C4H8O2.Ca.Zn/c4*1-2-3-4(5)6;;/h4*2-3H2,1H3,(H,5,6);;/q;;;;2*+2/p-4. The molecule has 0 heterocycles. The molecule has 10 heteroatoms. The molecule has 0 aliphatic carbocycles. The van der Waals surface area contributed by atoms with Crippen molar-refractivity contribution in [1.82, 2.24) is 0 Å². The molecule has 0 aromatic rings. The SMILES string of the molecule is CCCC(=O)[O-].CCCC(=O)[O-].CCCC(=O)[O-].CCCC(=O)[O-].[Ca+2].[Zn+2]. The van der Waals surface area contributed by atoms with E-state index in [1.807, 2.05) is 0 Å². The van der Waals surface area contributed by atoms with E-state index in [9.17, 15) is 39.6 Å². The molecule has 0 amide bonds. The molecule has 0 bridgehead atoms. The van der Waals surface area contributed by atoms with E-state index in [4.69, 9.17) is 0 Å². The molecule has 0 fully saturated rings. The van der Waals surface area contributed by atoms with E-state index in [0.29, 0.717) is 25.7 Å². The Labute approximate surface area is 198 Å². The minimum absolute atomic E-state index is 0. The minimum Gasteiger partial charge on any atom is -0.550 e. The van der Waals surface area contributed by atoms with Gasteiger partial charge in [-0.25, -0.2) is 0 Å². The van der Waals surface area contributed by atoms with Gasteiger partial charge in [0.05, 0.1) is 0 Å². The third-order valence-electron chi connectivity index (χ3n) is 1.82. The van der Waals surface area contributed by atoms with Gasteiger partial charge in [0.15, 0.2) is 0 Å². The molecular weight excluding hydrogens is 426 g/mol. The molecule has 0 N–H and O–H groups in total. The molecule has 0 saturated heterocycles. The molecule has 0 atom stereocenters. The third kappa shape index (κ3) is 89.0. The quantitative estimate of drug-likeness (QED) is 0.373. The number of aliphatic carboxylic acids is 4. The van der Waals surface area contributed by atoms with E-state index < -0.39 is 23.9 Å². The smallest absolute Gasteiger partial charge is 0.550 e. The van der Waals surface area contributed by atoms with Gasteiger partial charge in [-0.2, -0.15) is 0 Å². The van der Waals surface area contributed by atoms with Crippen LogP contribution in [0.1, 0.15) is 79.1 Å². The summed E-state index contributed by atoms with van der Waals surface area (Å²) in [6.45, 7) is 7.21. The number of carbonyl (C=O) groups excluding carboxylic acids is 4. The average Bonchev–Trinajstić information content (AvgIpc) is 2.39. The monoisotopic (exact) mass is 452 g/mol. The summed E-state index contributed by atoms with van der Waals surface area (Å²) in [4.78, 5) is 38.0. The minimum atomic E-state index is -0.961. The Kier molecular flexibility index (Phi) is 55.7. The van der Waals surface area contributed by atoms with Crippen LogP contribution in [-0.2, 0) is 38.7 Å². The first-order valence-corrected chi connectivity index (χ1v) is 7.88. The van der Waals surface area contributed by atoms with Gasteiger partial charge in [-0.15, -0.1) is 0 Å². The zero-order valence-corrected chi connectivity index (χ0v) is 21.5. The largest absolute Gasteiger partial charge is 2.00 e. The molecule has 0 aliphatic heterocycles. The molecule has 0 aromatic carbocycles. The van der Waals surface area contributed by atoms with Crippen LogP contribution in [0.2, 0.25) is 0 Å². The van der Waals surface area contributed by atoms with Crippen molar-refractivity contribution in [3.05, 3.63) is 0 Å². The zero-order valence-electron chi connectivity index (χ0n) is 16.3. The Morgan fingerprint density at radius 2 is 0.615 bits per heavy atom. The van der Waals surface area contributed by atoms with E-state index in [0.717, 1.165) is 0 Å². The summed E-state index contributed by atoms with van der Waals surface area (Å²) in [6.07, 6.45) is 3.40. The maximum atomic E-state index is 9.49. The first-order valence-electron chi connectivity index (χ1n) is 7.88. The van der Waals surface area contributed by atoms with Crippen molar-refractivity contribution in [2.75, 3.05) is 0 Å². The zero-order chi connectivity index (χ0) is 20.0. The van der Waals surface area contributed by atoms with Crippen LogP contribution in [0.4, 0.5) is 0 Å². The normalized spacial score (nSPS) is 7.54. The third-order valence-corrected chi connectivity index (χ3v) is 1.82. The topological polar surface area (TPSA) is 161 Å². The maximum Gasteiger partial charge on any atom is 2.00 e. The Balaban J connectivity index is -0.0000000500. The number of carboxylic acid groups (broad SMARTS) is 4.